The van der Waals surface area contributed by atoms with Gasteiger partial charge in [0.2, 0.25) is 5.91 Å². The second kappa shape index (κ2) is 9.94. The Morgan fingerprint density at radius 3 is 1.90 bits per heavy atom. The van der Waals surface area contributed by atoms with Crippen LogP contribution in [-0.4, -0.2) is 17.5 Å². The Morgan fingerprint density at radius 1 is 0.806 bits per heavy atom. The number of Topliss-reactive ketones (excluding diaryl/α,β-unsaturated/α-hetero) is 2. The van der Waals surface area contributed by atoms with Crippen LogP contribution in [0.25, 0.3) is 0 Å². The molecule has 0 aromatic heterocycles. The molecule has 3 aromatic carbocycles. The van der Waals surface area contributed by atoms with Gasteiger partial charge >= 0.3 is 0 Å². The molecule has 4 nitrogen and oxygen atoms in total. The van der Waals surface area contributed by atoms with Crippen molar-refractivity contribution in [2.45, 2.75) is 19.8 Å². The quantitative estimate of drug-likeness (QED) is 0.400. The van der Waals surface area contributed by atoms with Crippen LogP contribution in [0.4, 0.5) is 10.1 Å². The van der Waals surface area contributed by atoms with E-state index in [1.165, 1.54) is 24.3 Å². The summed E-state index contributed by atoms with van der Waals surface area (Å²) in [5.41, 5.74) is 1.33. The minimum atomic E-state index is -1.24. The Morgan fingerprint density at radius 2 is 1.35 bits per heavy atom. The van der Waals surface area contributed by atoms with Crippen molar-refractivity contribution < 1.29 is 18.8 Å². The highest BCUT2D eigenvalue weighted by Gasteiger charge is 2.41. The first-order valence-electron chi connectivity index (χ1n) is 10.1. The van der Waals surface area contributed by atoms with Gasteiger partial charge < -0.3 is 5.32 Å². The summed E-state index contributed by atoms with van der Waals surface area (Å²) in [5.74, 6) is -4.49. The summed E-state index contributed by atoms with van der Waals surface area (Å²) in [6.07, 6.45) is 0. The molecule has 3 aromatic rings. The van der Waals surface area contributed by atoms with Gasteiger partial charge in [0.05, 0.1) is 5.92 Å². The molecule has 1 N–H and O–H groups in total. The van der Waals surface area contributed by atoms with Crippen LogP contribution in [0.5, 0.6) is 0 Å². The number of para-hydroxylation sites is 1. The van der Waals surface area contributed by atoms with E-state index in [1.807, 2.05) is 6.07 Å². The lowest BCUT2D eigenvalue weighted by molar-refractivity contribution is -0.133. The van der Waals surface area contributed by atoms with E-state index < -0.39 is 35.3 Å². The van der Waals surface area contributed by atoms with Gasteiger partial charge in [-0.2, -0.15) is 0 Å². The van der Waals surface area contributed by atoms with E-state index >= 15 is 0 Å². The number of anilines is 1. The zero-order valence-corrected chi connectivity index (χ0v) is 17.4. The number of nitrogens with one attached hydrogen (secondary N) is 1. The lowest BCUT2D eigenvalue weighted by Crippen LogP contribution is -2.40. The smallest absolute Gasteiger partial charge is 0.236 e. The number of halogens is 1. The molecule has 0 fully saturated rings. The molecule has 0 saturated heterocycles. The minimum absolute atomic E-state index is 0.240. The Balaban J connectivity index is 2.08. The maximum Gasteiger partial charge on any atom is 0.236 e. The van der Waals surface area contributed by atoms with Crippen molar-refractivity contribution in [2.75, 3.05) is 5.32 Å². The minimum Gasteiger partial charge on any atom is -0.325 e. The van der Waals surface area contributed by atoms with Gasteiger partial charge in [-0.25, -0.2) is 4.39 Å². The lowest BCUT2D eigenvalue weighted by Gasteiger charge is -2.26. The summed E-state index contributed by atoms with van der Waals surface area (Å²) in [6, 6.07) is 22.7. The Bertz CT molecular complexity index is 1050. The van der Waals surface area contributed by atoms with E-state index in [-0.39, 0.29) is 11.3 Å². The Kier molecular flexibility index (Phi) is 7.08. The van der Waals surface area contributed by atoms with Crippen molar-refractivity contribution in [2.24, 2.45) is 11.8 Å². The highest BCUT2D eigenvalue weighted by molar-refractivity contribution is 6.14. The van der Waals surface area contributed by atoms with E-state index in [4.69, 9.17) is 0 Å². The van der Waals surface area contributed by atoms with E-state index in [9.17, 15) is 18.8 Å². The second-order valence-corrected chi connectivity index (χ2v) is 7.65. The molecule has 0 spiro atoms. The van der Waals surface area contributed by atoms with E-state index in [2.05, 4.69) is 5.32 Å². The fraction of sp³-hybridized carbons (Fsp3) is 0.192. The monoisotopic (exact) mass is 419 g/mol. The molecule has 0 aliphatic heterocycles. The van der Waals surface area contributed by atoms with Crippen LogP contribution in [0.15, 0.2) is 84.9 Å². The highest BCUT2D eigenvalue weighted by Crippen LogP contribution is 2.32. The Hall–Kier alpha value is -3.60. The molecule has 0 saturated carbocycles. The van der Waals surface area contributed by atoms with Gasteiger partial charge in [-0.1, -0.05) is 62.4 Å². The molecule has 2 atom stereocenters. The summed E-state index contributed by atoms with van der Waals surface area (Å²) < 4.78 is 13.4. The summed E-state index contributed by atoms with van der Waals surface area (Å²) in [4.78, 5) is 40.1. The molecule has 2 unspecified atom stereocenters. The molecule has 0 radical (unpaired) electrons. The van der Waals surface area contributed by atoms with E-state index in [1.54, 1.807) is 68.4 Å². The van der Waals surface area contributed by atoms with Gasteiger partial charge in [0.1, 0.15) is 17.5 Å². The summed E-state index contributed by atoms with van der Waals surface area (Å²) in [5, 5.41) is 2.77. The molecule has 5 heteroatoms. The first-order valence-corrected chi connectivity index (χ1v) is 10.1. The largest absolute Gasteiger partial charge is 0.325 e. The molecule has 0 aliphatic rings. The second-order valence-electron chi connectivity index (χ2n) is 7.65. The molecule has 158 valence electrons. The zero-order valence-electron chi connectivity index (χ0n) is 17.4. The predicted molar refractivity (Wildman–Crippen MR) is 118 cm³/mol. The van der Waals surface area contributed by atoms with Crippen molar-refractivity contribution in [1.29, 1.82) is 0 Å². The fourth-order valence-electron chi connectivity index (χ4n) is 3.49. The number of carbonyl (C=O) groups excluding carboxylic acids is 3. The average Bonchev–Trinajstić information content (AvgIpc) is 2.78. The zero-order chi connectivity index (χ0) is 22.4. The van der Waals surface area contributed by atoms with Crippen molar-refractivity contribution in [1.82, 2.24) is 0 Å². The molecule has 31 heavy (non-hydrogen) atoms. The number of hydrogen-bond donors (Lipinski definition) is 1. The van der Waals surface area contributed by atoms with Crippen LogP contribution in [0.1, 0.15) is 35.7 Å². The summed E-state index contributed by atoms with van der Waals surface area (Å²) in [6.45, 7) is 3.41. The van der Waals surface area contributed by atoms with Gasteiger partial charge in [0.25, 0.3) is 0 Å². The summed E-state index contributed by atoms with van der Waals surface area (Å²) >= 11 is 0. The number of ketones is 2. The van der Waals surface area contributed by atoms with E-state index in [0.29, 0.717) is 11.3 Å². The van der Waals surface area contributed by atoms with Gasteiger partial charge in [-0.15, -0.1) is 0 Å². The molecule has 0 aliphatic carbocycles. The normalized spacial score (nSPS) is 12.8. The van der Waals surface area contributed by atoms with Crippen molar-refractivity contribution in [3.05, 3.63) is 102 Å². The van der Waals surface area contributed by atoms with Crippen LogP contribution in [0.3, 0.4) is 0 Å². The van der Waals surface area contributed by atoms with Gasteiger partial charge in [-0.05, 0) is 42.0 Å². The third-order valence-corrected chi connectivity index (χ3v) is 5.10. The number of hydrogen-bond acceptors (Lipinski definition) is 3. The van der Waals surface area contributed by atoms with Crippen molar-refractivity contribution in [3.8, 4) is 0 Å². The molecular formula is C26H24FNO3. The number of benzene rings is 3. The first kappa shape index (κ1) is 22.1. The standard InChI is InChI=1S/C26H24FNO3/c1-17(2)24(29)23(26(31)28-21-11-7-4-8-12-21)22(18-9-5-3-6-10-18)25(30)19-13-15-20(27)16-14-19/h3-17,22-23H,1-2H3,(H,28,31)/i22+2. The van der Waals surface area contributed by atoms with Crippen LogP contribution in [0.2, 0.25) is 0 Å². The molecule has 0 bridgehead atoms. The van der Waals surface area contributed by atoms with Gasteiger partial charge in [-0.3, -0.25) is 14.4 Å². The SMILES string of the molecule is CC(C)C(=O)C(C(=O)Nc1ccccc1)[14CH](C(=O)c1ccc(F)cc1)c1ccccc1. The van der Waals surface area contributed by atoms with Crippen LogP contribution in [-0.2, 0) is 9.59 Å². The molecule has 0 heterocycles. The molecular weight excluding hydrogens is 395 g/mol. The lowest BCUT2D eigenvalue weighted by atomic mass is 9.97. The third kappa shape index (κ3) is 5.31. The van der Waals surface area contributed by atoms with Gasteiger partial charge in [0, 0.05) is 17.2 Å². The van der Waals surface area contributed by atoms with Gasteiger partial charge in [0.15, 0.2) is 5.78 Å². The van der Waals surface area contributed by atoms with Crippen LogP contribution >= 0.6 is 0 Å². The first-order chi connectivity index (χ1) is 14.9. The van der Waals surface area contributed by atoms with Crippen LogP contribution in [0, 0.1) is 17.7 Å². The average molecular weight is 419 g/mol. The van der Waals surface area contributed by atoms with E-state index in [0.717, 1.165) is 0 Å². The van der Waals surface area contributed by atoms with Crippen LogP contribution < -0.4 is 5.32 Å². The maximum absolute atomic E-state index is 13.5. The number of rotatable bonds is 8. The fourth-order valence-corrected chi connectivity index (χ4v) is 3.49. The number of carbonyl (C=O) groups is 3. The van der Waals surface area contributed by atoms with Crippen molar-refractivity contribution in [3.63, 3.8) is 0 Å². The Labute approximate surface area is 181 Å². The topological polar surface area (TPSA) is 63.2 Å². The molecule has 3 rings (SSSR count). The molecule has 1 amide bonds. The maximum atomic E-state index is 13.5. The number of amides is 1. The highest BCUT2D eigenvalue weighted by atomic mass is 19.1. The van der Waals surface area contributed by atoms with Crippen molar-refractivity contribution >= 4 is 23.2 Å². The third-order valence-electron chi connectivity index (χ3n) is 5.10. The summed E-state index contributed by atoms with van der Waals surface area (Å²) in [7, 11) is 0. The predicted octanol–water partition coefficient (Wildman–Crippen LogP) is 5.27.